The van der Waals surface area contributed by atoms with Crippen molar-refractivity contribution >= 4 is 16.2 Å². The number of hydrazone groups is 1. The Labute approximate surface area is 76.1 Å². The van der Waals surface area contributed by atoms with E-state index in [4.69, 9.17) is 11.0 Å². The Morgan fingerprint density at radius 3 is 2.15 bits per heavy atom. The Morgan fingerprint density at radius 1 is 1.23 bits per heavy atom. The molecule has 0 radical (unpaired) electrons. The van der Waals surface area contributed by atoms with Gasteiger partial charge >= 0.3 is 0 Å². The SMILES string of the molecule is N/N=C/c1ccc(S(N)(=O)=O)cc1. The zero-order valence-electron chi connectivity index (χ0n) is 6.71. The molecular weight excluding hydrogens is 190 g/mol. The number of hydrogen-bond donors (Lipinski definition) is 2. The number of hydrogen-bond acceptors (Lipinski definition) is 4. The molecule has 1 aromatic carbocycles. The molecule has 0 unspecified atom stereocenters. The Balaban J connectivity index is 3.08. The standard InChI is InChI=1S/C7H9N3O2S/c8-10-5-6-1-3-7(4-2-6)13(9,11)12/h1-5H,8H2,(H2,9,11,12)/b10-5+. The zero-order chi connectivity index (χ0) is 9.90. The molecule has 0 heterocycles. The molecule has 1 aromatic rings. The van der Waals surface area contributed by atoms with Crippen molar-refractivity contribution in [2.24, 2.45) is 16.1 Å². The second-order valence-corrected chi connectivity index (χ2v) is 3.95. The molecule has 6 heteroatoms. The Kier molecular flexibility index (Phi) is 2.64. The van der Waals surface area contributed by atoms with Gasteiger partial charge in [0.15, 0.2) is 0 Å². The van der Waals surface area contributed by atoms with E-state index in [1.165, 1.54) is 18.3 Å². The molecule has 0 atom stereocenters. The van der Waals surface area contributed by atoms with Crippen molar-refractivity contribution in [3.05, 3.63) is 29.8 Å². The van der Waals surface area contributed by atoms with Gasteiger partial charge in [0.1, 0.15) is 0 Å². The molecule has 0 aliphatic carbocycles. The summed E-state index contributed by atoms with van der Waals surface area (Å²) in [7, 11) is -3.61. The van der Waals surface area contributed by atoms with Crippen LogP contribution in [0.2, 0.25) is 0 Å². The average Bonchev–Trinajstić information content (AvgIpc) is 2.04. The Bertz CT molecular complexity index is 408. The van der Waals surface area contributed by atoms with Gasteiger partial charge in [0.25, 0.3) is 0 Å². The molecule has 5 nitrogen and oxygen atoms in total. The third-order valence-corrected chi connectivity index (χ3v) is 2.36. The molecule has 0 bridgehead atoms. The summed E-state index contributed by atoms with van der Waals surface area (Å²) in [5, 5.41) is 8.19. The van der Waals surface area contributed by atoms with Crippen LogP contribution in [0.4, 0.5) is 0 Å². The number of benzene rings is 1. The predicted molar refractivity (Wildman–Crippen MR) is 49.6 cm³/mol. The summed E-state index contributed by atoms with van der Waals surface area (Å²) < 4.78 is 21.6. The van der Waals surface area contributed by atoms with Crippen molar-refractivity contribution in [3.8, 4) is 0 Å². The average molecular weight is 199 g/mol. The van der Waals surface area contributed by atoms with Gasteiger partial charge in [0.2, 0.25) is 10.0 Å². The van der Waals surface area contributed by atoms with Crippen LogP contribution < -0.4 is 11.0 Å². The van der Waals surface area contributed by atoms with Gasteiger partial charge in [-0.1, -0.05) is 12.1 Å². The van der Waals surface area contributed by atoms with Gasteiger partial charge in [-0.25, -0.2) is 13.6 Å². The summed E-state index contributed by atoms with van der Waals surface area (Å²) in [5.41, 5.74) is 0.718. The fraction of sp³-hybridized carbons (Fsp3) is 0. The lowest BCUT2D eigenvalue weighted by Crippen LogP contribution is -2.11. The summed E-state index contributed by atoms with van der Waals surface area (Å²) in [4.78, 5) is 0.0710. The Morgan fingerprint density at radius 2 is 1.77 bits per heavy atom. The van der Waals surface area contributed by atoms with Gasteiger partial charge in [0.05, 0.1) is 11.1 Å². The van der Waals surface area contributed by atoms with Crippen LogP contribution in [-0.2, 0) is 10.0 Å². The number of primary sulfonamides is 1. The van der Waals surface area contributed by atoms with Gasteiger partial charge < -0.3 is 5.84 Å². The lowest BCUT2D eigenvalue weighted by atomic mass is 10.2. The molecule has 70 valence electrons. The molecule has 0 amide bonds. The first-order valence-corrected chi connectivity index (χ1v) is 4.95. The zero-order valence-corrected chi connectivity index (χ0v) is 7.53. The van der Waals surface area contributed by atoms with E-state index in [-0.39, 0.29) is 4.90 Å². The summed E-state index contributed by atoms with van der Waals surface area (Å²) in [6.07, 6.45) is 1.41. The van der Waals surface area contributed by atoms with Crippen LogP contribution in [0.15, 0.2) is 34.3 Å². The van der Waals surface area contributed by atoms with Crippen molar-refractivity contribution in [1.29, 1.82) is 0 Å². The van der Waals surface area contributed by atoms with Crippen LogP contribution in [0.25, 0.3) is 0 Å². The molecule has 13 heavy (non-hydrogen) atoms. The summed E-state index contributed by atoms with van der Waals surface area (Å²) in [5.74, 6) is 4.91. The predicted octanol–water partition coefficient (Wildman–Crippen LogP) is -0.373. The van der Waals surface area contributed by atoms with Crippen molar-refractivity contribution < 1.29 is 8.42 Å². The van der Waals surface area contributed by atoms with Gasteiger partial charge in [-0.05, 0) is 17.7 Å². The molecule has 0 aliphatic heterocycles. The molecule has 0 aliphatic rings. The minimum Gasteiger partial charge on any atom is -0.323 e. The van der Waals surface area contributed by atoms with Crippen LogP contribution in [0.5, 0.6) is 0 Å². The lowest BCUT2D eigenvalue weighted by molar-refractivity contribution is 0.598. The fourth-order valence-electron chi connectivity index (χ4n) is 0.830. The fourth-order valence-corrected chi connectivity index (χ4v) is 1.35. The van der Waals surface area contributed by atoms with Crippen LogP contribution in [0, 0.1) is 0 Å². The largest absolute Gasteiger partial charge is 0.323 e. The van der Waals surface area contributed by atoms with Crippen LogP contribution in [0.3, 0.4) is 0 Å². The van der Waals surface area contributed by atoms with Gasteiger partial charge in [0, 0.05) is 0 Å². The van der Waals surface area contributed by atoms with Crippen LogP contribution in [0.1, 0.15) is 5.56 Å². The van der Waals surface area contributed by atoms with Gasteiger partial charge in [-0.2, -0.15) is 5.10 Å². The van der Waals surface area contributed by atoms with Crippen molar-refractivity contribution in [1.82, 2.24) is 0 Å². The van der Waals surface area contributed by atoms with E-state index in [0.717, 1.165) is 5.56 Å². The number of nitrogens with two attached hydrogens (primary N) is 2. The van der Waals surface area contributed by atoms with E-state index in [2.05, 4.69) is 5.10 Å². The second-order valence-electron chi connectivity index (χ2n) is 2.39. The highest BCUT2D eigenvalue weighted by molar-refractivity contribution is 7.89. The van der Waals surface area contributed by atoms with Crippen molar-refractivity contribution in [3.63, 3.8) is 0 Å². The summed E-state index contributed by atoms with van der Waals surface area (Å²) in [6.45, 7) is 0. The van der Waals surface area contributed by atoms with E-state index < -0.39 is 10.0 Å². The molecule has 0 saturated heterocycles. The maximum Gasteiger partial charge on any atom is 0.238 e. The molecule has 4 N–H and O–H groups in total. The van der Waals surface area contributed by atoms with Crippen molar-refractivity contribution in [2.45, 2.75) is 4.90 Å². The first-order valence-electron chi connectivity index (χ1n) is 3.40. The molecule has 0 saturated carbocycles. The topological polar surface area (TPSA) is 98.5 Å². The lowest BCUT2D eigenvalue weighted by Gasteiger charge is -1.97. The van der Waals surface area contributed by atoms with Crippen molar-refractivity contribution in [2.75, 3.05) is 0 Å². The maximum absolute atomic E-state index is 10.8. The number of rotatable bonds is 2. The van der Waals surface area contributed by atoms with E-state index in [9.17, 15) is 8.42 Å². The highest BCUT2D eigenvalue weighted by Crippen LogP contribution is 2.06. The first kappa shape index (κ1) is 9.69. The second kappa shape index (κ2) is 3.55. The van der Waals surface area contributed by atoms with E-state index in [1.54, 1.807) is 12.1 Å². The number of nitrogens with zero attached hydrogens (tertiary/aromatic N) is 1. The maximum atomic E-state index is 10.8. The molecule has 1 rings (SSSR count). The molecule has 0 spiro atoms. The van der Waals surface area contributed by atoms with Crippen LogP contribution in [-0.4, -0.2) is 14.6 Å². The van der Waals surface area contributed by atoms with E-state index >= 15 is 0 Å². The number of sulfonamides is 1. The van der Waals surface area contributed by atoms with Crippen LogP contribution >= 0.6 is 0 Å². The van der Waals surface area contributed by atoms with E-state index in [1.807, 2.05) is 0 Å². The van der Waals surface area contributed by atoms with E-state index in [0.29, 0.717) is 0 Å². The monoisotopic (exact) mass is 199 g/mol. The van der Waals surface area contributed by atoms with Gasteiger partial charge in [-0.3, -0.25) is 0 Å². The Hall–Kier alpha value is -1.40. The molecular formula is C7H9N3O2S. The quantitative estimate of drug-likeness (QED) is 0.386. The minimum absolute atomic E-state index is 0.0710. The highest BCUT2D eigenvalue weighted by Gasteiger charge is 2.05. The first-order chi connectivity index (χ1) is 6.04. The molecule has 0 aromatic heterocycles. The smallest absolute Gasteiger partial charge is 0.238 e. The highest BCUT2D eigenvalue weighted by atomic mass is 32.2. The van der Waals surface area contributed by atoms with Gasteiger partial charge in [-0.15, -0.1) is 0 Å². The third kappa shape index (κ3) is 2.53. The molecule has 0 fully saturated rings. The normalized spacial score (nSPS) is 12.1. The third-order valence-electron chi connectivity index (χ3n) is 1.43. The minimum atomic E-state index is -3.61. The summed E-state index contributed by atoms with van der Waals surface area (Å²) >= 11 is 0. The summed E-state index contributed by atoms with van der Waals surface area (Å²) in [6, 6.07) is 5.92.